The second-order valence-electron chi connectivity index (χ2n) is 5.10. The molecule has 1 N–H and O–H groups in total. The Labute approximate surface area is 129 Å². The summed E-state index contributed by atoms with van der Waals surface area (Å²) in [6.45, 7) is 4.93. The summed E-state index contributed by atoms with van der Waals surface area (Å²) in [6, 6.07) is 11.2. The second-order valence-corrected chi connectivity index (χ2v) is 5.10. The number of carbonyl (C=O) groups is 2. The molecule has 0 aliphatic rings. The first-order valence-electron chi connectivity index (χ1n) is 7.19. The van der Waals surface area contributed by atoms with E-state index in [0.29, 0.717) is 19.6 Å². The molecule has 0 radical (unpaired) electrons. The van der Waals surface area contributed by atoms with Gasteiger partial charge in [0.05, 0.1) is 6.26 Å². The molecule has 0 spiro atoms. The monoisotopic (exact) mass is 300 g/mol. The van der Waals surface area contributed by atoms with Crippen molar-refractivity contribution in [2.75, 3.05) is 13.1 Å². The molecule has 2 rings (SSSR count). The summed E-state index contributed by atoms with van der Waals surface area (Å²) >= 11 is 0. The van der Waals surface area contributed by atoms with Gasteiger partial charge in [0.1, 0.15) is 0 Å². The number of aryl methyl sites for hydroxylation is 1. The SMILES string of the molecule is CC(=O)N(CCNC(=O)c1ccco1)Cc1ccccc1C. The summed E-state index contributed by atoms with van der Waals surface area (Å²) in [7, 11) is 0. The second kappa shape index (κ2) is 7.45. The number of carbonyl (C=O) groups excluding carboxylic acids is 2. The molecule has 0 aliphatic heterocycles. The quantitative estimate of drug-likeness (QED) is 0.891. The maximum absolute atomic E-state index is 11.8. The minimum Gasteiger partial charge on any atom is -0.459 e. The highest BCUT2D eigenvalue weighted by atomic mass is 16.3. The van der Waals surface area contributed by atoms with Gasteiger partial charge in [-0.25, -0.2) is 0 Å². The zero-order chi connectivity index (χ0) is 15.9. The molecule has 1 aromatic heterocycles. The van der Waals surface area contributed by atoms with Crippen LogP contribution in [0.25, 0.3) is 0 Å². The maximum Gasteiger partial charge on any atom is 0.287 e. The van der Waals surface area contributed by atoms with Crippen LogP contribution in [-0.2, 0) is 11.3 Å². The summed E-state index contributed by atoms with van der Waals surface area (Å²) in [5, 5.41) is 2.74. The molecule has 2 amide bonds. The van der Waals surface area contributed by atoms with Crippen LogP contribution in [0.4, 0.5) is 0 Å². The van der Waals surface area contributed by atoms with Gasteiger partial charge in [0, 0.05) is 26.6 Å². The van der Waals surface area contributed by atoms with Crippen molar-refractivity contribution in [2.45, 2.75) is 20.4 Å². The van der Waals surface area contributed by atoms with Gasteiger partial charge in [-0.2, -0.15) is 0 Å². The van der Waals surface area contributed by atoms with E-state index in [1.54, 1.807) is 17.0 Å². The fraction of sp³-hybridized carbons (Fsp3) is 0.294. The van der Waals surface area contributed by atoms with Gasteiger partial charge >= 0.3 is 0 Å². The number of furan rings is 1. The molecular formula is C17H20N2O3. The summed E-state index contributed by atoms with van der Waals surface area (Å²) in [5.74, 6) is -0.0202. The lowest BCUT2D eigenvalue weighted by molar-refractivity contribution is -0.129. The van der Waals surface area contributed by atoms with E-state index in [2.05, 4.69) is 5.32 Å². The van der Waals surface area contributed by atoms with Crippen LogP contribution in [0, 0.1) is 6.92 Å². The zero-order valence-electron chi connectivity index (χ0n) is 12.8. The summed E-state index contributed by atoms with van der Waals surface area (Å²) < 4.78 is 5.02. The first kappa shape index (κ1) is 15.8. The van der Waals surface area contributed by atoms with Gasteiger partial charge < -0.3 is 14.6 Å². The first-order chi connectivity index (χ1) is 10.6. The van der Waals surface area contributed by atoms with Crippen molar-refractivity contribution < 1.29 is 14.0 Å². The van der Waals surface area contributed by atoms with Crippen LogP contribution in [-0.4, -0.2) is 29.8 Å². The van der Waals surface area contributed by atoms with E-state index in [9.17, 15) is 9.59 Å². The lowest BCUT2D eigenvalue weighted by Gasteiger charge is -2.22. The van der Waals surface area contributed by atoms with Gasteiger partial charge in [0.2, 0.25) is 5.91 Å². The van der Waals surface area contributed by atoms with E-state index in [1.165, 1.54) is 13.2 Å². The van der Waals surface area contributed by atoms with Gasteiger partial charge in [-0.05, 0) is 30.2 Å². The van der Waals surface area contributed by atoms with Crippen molar-refractivity contribution >= 4 is 11.8 Å². The van der Waals surface area contributed by atoms with Crippen molar-refractivity contribution in [3.63, 3.8) is 0 Å². The van der Waals surface area contributed by atoms with Crippen LogP contribution in [0.15, 0.2) is 47.1 Å². The molecule has 0 saturated heterocycles. The number of rotatable bonds is 6. The Hall–Kier alpha value is -2.56. The summed E-state index contributed by atoms with van der Waals surface area (Å²) in [4.78, 5) is 25.2. The molecule has 5 nitrogen and oxygen atoms in total. The predicted molar refractivity (Wildman–Crippen MR) is 83.3 cm³/mol. The van der Waals surface area contributed by atoms with Crippen LogP contribution in [0.2, 0.25) is 0 Å². The summed E-state index contributed by atoms with van der Waals surface area (Å²) in [5.41, 5.74) is 2.25. The van der Waals surface area contributed by atoms with Crippen molar-refractivity contribution in [2.24, 2.45) is 0 Å². The van der Waals surface area contributed by atoms with Crippen LogP contribution in [0.3, 0.4) is 0 Å². The highest BCUT2D eigenvalue weighted by molar-refractivity contribution is 5.91. The fourth-order valence-corrected chi connectivity index (χ4v) is 2.14. The third-order valence-corrected chi connectivity index (χ3v) is 3.48. The third-order valence-electron chi connectivity index (χ3n) is 3.48. The van der Waals surface area contributed by atoms with E-state index in [0.717, 1.165) is 11.1 Å². The lowest BCUT2D eigenvalue weighted by Crippen LogP contribution is -2.37. The minimum atomic E-state index is -0.274. The molecule has 0 bridgehead atoms. The van der Waals surface area contributed by atoms with E-state index >= 15 is 0 Å². The molecule has 22 heavy (non-hydrogen) atoms. The Morgan fingerprint density at radius 2 is 1.95 bits per heavy atom. The van der Waals surface area contributed by atoms with Gasteiger partial charge in [-0.15, -0.1) is 0 Å². The van der Waals surface area contributed by atoms with Crippen molar-refractivity contribution in [1.82, 2.24) is 10.2 Å². The average molecular weight is 300 g/mol. The first-order valence-corrected chi connectivity index (χ1v) is 7.19. The largest absolute Gasteiger partial charge is 0.459 e. The standard InChI is InChI=1S/C17H20N2O3/c1-13-6-3-4-7-15(13)12-19(14(2)20)10-9-18-17(21)16-8-5-11-22-16/h3-8,11H,9-10,12H2,1-2H3,(H,18,21). The minimum absolute atomic E-state index is 0.0181. The van der Waals surface area contributed by atoms with E-state index in [-0.39, 0.29) is 17.6 Å². The third kappa shape index (κ3) is 4.22. The highest BCUT2D eigenvalue weighted by Crippen LogP contribution is 2.10. The number of amides is 2. The Morgan fingerprint density at radius 1 is 1.18 bits per heavy atom. The van der Waals surface area contributed by atoms with Gasteiger partial charge in [-0.3, -0.25) is 9.59 Å². The molecule has 5 heteroatoms. The molecule has 2 aromatic rings. The molecular weight excluding hydrogens is 280 g/mol. The molecule has 116 valence electrons. The number of benzene rings is 1. The topological polar surface area (TPSA) is 62.6 Å². The maximum atomic E-state index is 11.8. The van der Waals surface area contributed by atoms with Gasteiger partial charge in [-0.1, -0.05) is 24.3 Å². The van der Waals surface area contributed by atoms with Crippen molar-refractivity contribution in [3.05, 3.63) is 59.5 Å². The highest BCUT2D eigenvalue weighted by Gasteiger charge is 2.12. The van der Waals surface area contributed by atoms with E-state index in [4.69, 9.17) is 4.42 Å². The molecule has 1 heterocycles. The molecule has 1 aromatic carbocycles. The molecule has 0 unspecified atom stereocenters. The lowest BCUT2D eigenvalue weighted by atomic mass is 10.1. The Bertz CT molecular complexity index is 635. The molecule has 0 atom stereocenters. The number of hydrogen-bond acceptors (Lipinski definition) is 3. The molecule has 0 aliphatic carbocycles. The summed E-state index contributed by atoms with van der Waals surface area (Å²) in [6.07, 6.45) is 1.45. The Balaban J connectivity index is 1.88. The van der Waals surface area contributed by atoms with Crippen LogP contribution in [0.5, 0.6) is 0 Å². The van der Waals surface area contributed by atoms with Crippen LogP contribution < -0.4 is 5.32 Å². The van der Waals surface area contributed by atoms with Gasteiger partial charge in [0.25, 0.3) is 5.91 Å². The fourth-order valence-electron chi connectivity index (χ4n) is 2.14. The Kier molecular flexibility index (Phi) is 5.36. The van der Waals surface area contributed by atoms with Crippen molar-refractivity contribution in [1.29, 1.82) is 0 Å². The average Bonchev–Trinajstić information content (AvgIpc) is 3.02. The predicted octanol–water partition coefficient (Wildman–Crippen LogP) is 2.37. The van der Waals surface area contributed by atoms with E-state index < -0.39 is 0 Å². The molecule has 0 fully saturated rings. The smallest absolute Gasteiger partial charge is 0.287 e. The number of nitrogens with zero attached hydrogens (tertiary/aromatic N) is 1. The zero-order valence-corrected chi connectivity index (χ0v) is 12.8. The van der Waals surface area contributed by atoms with Gasteiger partial charge in [0.15, 0.2) is 5.76 Å². The Morgan fingerprint density at radius 3 is 2.59 bits per heavy atom. The molecule has 0 saturated carbocycles. The van der Waals surface area contributed by atoms with Crippen LogP contribution >= 0.6 is 0 Å². The normalized spacial score (nSPS) is 10.3. The number of hydrogen-bond donors (Lipinski definition) is 1. The van der Waals surface area contributed by atoms with Crippen LogP contribution in [0.1, 0.15) is 28.6 Å². The van der Waals surface area contributed by atoms with Crippen molar-refractivity contribution in [3.8, 4) is 0 Å². The number of nitrogens with one attached hydrogen (secondary N) is 1. The van der Waals surface area contributed by atoms with E-state index in [1.807, 2.05) is 31.2 Å².